The molecule has 11 heavy (non-hydrogen) atoms. The minimum absolute atomic E-state index is 0.795. The molecule has 1 N–H and O–H groups in total. The van der Waals surface area contributed by atoms with Crippen LogP contribution in [0, 0.1) is 0 Å². The molecular formula is C8H7BO2. The highest BCUT2D eigenvalue weighted by atomic mass is 16.5. The Bertz CT molecular complexity index is 296. The normalized spacial score (nSPS) is 14.1. The largest absolute Gasteiger partial charge is 0.560 e. The summed E-state index contributed by atoms with van der Waals surface area (Å²) in [5.74, 6) is 0. The molecule has 0 unspecified atom stereocenters. The van der Waals surface area contributed by atoms with Crippen molar-refractivity contribution in [3.05, 3.63) is 36.1 Å². The van der Waals surface area contributed by atoms with Crippen LogP contribution < -0.4 is 5.46 Å². The summed E-state index contributed by atoms with van der Waals surface area (Å²) < 4.78 is 4.88. The van der Waals surface area contributed by atoms with Gasteiger partial charge in [-0.05, 0) is 11.6 Å². The van der Waals surface area contributed by atoms with Gasteiger partial charge in [-0.25, -0.2) is 0 Å². The molecule has 54 valence electrons. The number of fused-ring (bicyclic) bond motifs is 1. The van der Waals surface area contributed by atoms with Gasteiger partial charge in [-0.2, -0.15) is 0 Å². The Morgan fingerprint density at radius 2 is 2.09 bits per heavy atom. The lowest BCUT2D eigenvalue weighted by atomic mass is 9.75. The summed E-state index contributed by atoms with van der Waals surface area (Å²) in [4.78, 5) is 0. The number of hydrogen-bond donors (Lipinski definition) is 1. The zero-order valence-corrected chi connectivity index (χ0v) is 5.90. The maximum Gasteiger partial charge on any atom is 0.560 e. The summed E-state index contributed by atoms with van der Waals surface area (Å²) in [5.41, 5.74) is 1.85. The molecule has 0 bridgehead atoms. The molecular weight excluding hydrogens is 139 g/mol. The van der Waals surface area contributed by atoms with Crippen LogP contribution in [0.25, 0.3) is 6.08 Å². The van der Waals surface area contributed by atoms with Crippen LogP contribution in [0.15, 0.2) is 30.5 Å². The molecule has 3 heteroatoms. The zero-order valence-electron chi connectivity index (χ0n) is 5.90. The van der Waals surface area contributed by atoms with Crippen molar-refractivity contribution >= 4 is 18.7 Å². The fourth-order valence-electron chi connectivity index (χ4n) is 1.15. The summed E-state index contributed by atoms with van der Waals surface area (Å²) in [6.45, 7) is 0. The molecule has 0 amide bonds. The van der Waals surface area contributed by atoms with Gasteiger partial charge in [0.05, 0.1) is 6.26 Å². The second-order valence-electron chi connectivity index (χ2n) is 2.42. The van der Waals surface area contributed by atoms with Crippen LogP contribution in [-0.4, -0.2) is 12.1 Å². The maximum absolute atomic E-state index is 9.29. The van der Waals surface area contributed by atoms with Crippen LogP contribution in [0.1, 0.15) is 5.56 Å². The molecule has 0 aromatic heterocycles. The van der Waals surface area contributed by atoms with Crippen molar-refractivity contribution in [3.8, 4) is 0 Å². The molecule has 0 saturated heterocycles. The van der Waals surface area contributed by atoms with Crippen molar-refractivity contribution in [3.63, 3.8) is 0 Å². The smallest absolute Gasteiger partial charge is 0.538 e. The van der Waals surface area contributed by atoms with E-state index in [0.29, 0.717) is 0 Å². The van der Waals surface area contributed by atoms with E-state index >= 15 is 0 Å². The van der Waals surface area contributed by atoms with Crippen molar-refractivity contribution < 1.29 is 9.68 Å². The topological polar surface area (TPSA) is 29.5 Å². The Kier molecular flexibility index (Phi) is 1.44. The van der Waals surface area contributed by atoms with Crippen LogP contribution in [0.5, 0.6) is 0 Å². The highest BCUT2D eigenvalue weighted by Gasteiger charge is 2.21. The van der Waals surface area contributed by atoms with Crippen LogP contribution in [0.3, 0.4) is 0 Å². The van der Waals surface area contributed by atoms with Crippen molar-refractivity contribution in [2.45, 2.75) is 0 Å². The molecule has 0 fully saturated rings. The molecule has 0 saturated carbocycles. The summed E-state index contributed by atoms with van der Waals surface area (Å²) in [6.07, 6.45) is 3.34. The second kappa shape index (κ2) is 2.44. The molecule has 0 spiro atoms. The van der Waals surface area contributed by atoms with Crippen LogP contribution in [0.4, 0.5) is 0 Å². The molecule has 2 nitrogen and oxygen atoms in total. The predicted molar refractivity (Wildman–Crippen MR) is 44.2 cm³/mol. The Labute approximate surface area is 65.3 Å². The third-order valence-electron chi connectivity index (χ3n) is 1.72. The number of benzene rings is 1. The van der Waals surface area contributed by atoms with E-state index in [0.717, 1.165) is 11.0 Å². The van der Waals surface area contributed by atoms with E-state index in [4.69, 9.17) is 4.65 Å². The lowest BCUT2D eigenvalue weighted by molar-refractivity contribution is 0.386. The van der Waals surface area contributed by atoms with Crippen molar-refractivity contribution in [2.75, 3.05) is 0 Å². The lowest BCUT2D eigenvalue weighted by Gasteiger charge is -2.12. The molecule has 0 aliphatic carbocycles. The minimum Gasteiger partial charge on any atom is -0.538 e. The Morgan fingerprint density at radius 3 is 2.91 bits per heavy atom. The minimum atomic E-state index is -0.795. The van der Waals surface area contributed by atoms with Gasteiger partial charge in [0.15, 0.2) is 0 Å². The third kappa shape index (κ3) is 1.03. The van der Waals surface area contributed by atoms with Gasteiger partial charge in [0.1, 0.15) is 0 Å². The number of rotatable bonds is 0. The van der Waals surface area contributed by atoms with E-state index < -0.39 is 7.12 Å². The highest BCUT2D eigenvalue weighted by molar-refractivity contribution is 6.61. The van der Waals surface area contributed by atoms with Gasteiger partial charge in [-0.3, -0.25) is 0 Å². The van der Waals surface area contributed by atoms with Crippen LogP contribution in [0.2, 0.25) is 0 Å². The first kappa shape index (κ1) is 6.49. The monoisotopic (exact) mass is 146 g/mol. The Balaban J connectivity index is 2.54. The Hall–Kier alpha value is -1.22. The molecule has 1 heterocycles. The van der Waals surface area contributed by atoms with Crippen molar-refractivity contribution in [2.24, 2.45) is 0 Å². The first-order valence-corrected chi connectivity index (χ1v) is 3.47. The zero-order chi connectivity index (χ0) is 7.68. The predicted octanol–water partition coefficient (Wildman–Crippen LogP) is 0.375. The SMILES string of the molecule is OB1OC=Cc2ccccc21. The number of hydrogen-bond acceptors (Lipinski definition) is 2. The molecule has 0 radical (unpaired) electrons. The fourth-order valence-corrected chi connectivity index (χ4v) is 1.15. The van der Waals surface area contributed by atoms with E-state index in [1.807, 2.05) is 30.3 Å². The molecule has 1 aliphatic rings. The van der Waals surface area contributed by atoms with Gasteiger partial charge >= 0.3 is 7.12 Å². The van der Waals surface area contributed by atoms with Crippen molar-refractivity contribution in [1.29, 1.82) is 0 Å². The fraction of sp³-hybridized carbons (Fsp3) is 0. The molecule has 1 aromatic carbocycles. The van der Waals surface area contributed by atoms with E-state index in [9.17, 15) is 5.02 Å². The first-order chi connectivity index (χ1) is 5.38. The summed E-state index contributed by atoms with van der Waals surface area (Å²) in [7, 11) is -0.795. The van der Waals surface area contributed by atoms with E-state index in [1.165, 1.54) is 6.26 Å². The van der Waals surface area contributed by atoms with E-state index in [-0.39, 0.29) is 0 Å². The second-order valence-corrected chi connectivity index (χ2v) is 2.42. The molecule has 2 rings (SSSR count). The standard InChI is InChI=1S/C8H7BO2/c10-9-8-4-2-1-3-7(8)5-6-11-9/h1-6,10H. The van der Waals surface area contributed by atoms with Gasteiger partial charge in [0, 0.05) is 5.46 Å². The van der Waals surface area contributed by atoms with Crippen LogP contribution >= 0.6 is 0 Å². The van der Waals surface area contributed by atoms with E-state index in [2.05, 4.69) is 0 Å². The van der Waals surface area contributed by atoms with Gasteiger partial charge in [0.2, 0.25) is 0 Å². The summed E-state index contributed by atoms with van der Waals surface area (Å²) in [5, 5.41) is 9.29. The first-order valence-electron chi connectivity index (χ1n) is 3.47. The lowest BCUT2D eigenvalue weighted by Crippen LogP contribution is -2.35. The van der Waals surface area contributed by atoms with Crippen LogP contribution in [-0.2, 0) is 4.65 Å². The third-order valence-corrected chi connectivity index (χ3v) is 1.72. The highest BCUT2D eigenvalue weighted by Crippen LogP contribution is 2.05. The molecule has 0 atom stereocenters. The van der Waals surface area contributed by atoms with Gasteiger partial charge in [-0.15, -0.1) is 0 Å². The quantitative estimate of drug-likeness (QED) is 0.536. The summed E-state index contributed by atoms with van der Waals surface area (Å²) >= 11 is 0. The average Bonchev–Trinajstić information content (AvgIpc) is 2.06. The molecule has 1 aromatic rings. The maximum atomic E-state index is 9.29. The van der Waals surface area contributed by atoms with Gasteiger partial charge in [0.25, 0.3) is 0 Å². The van der Waals surface area contributed by atoms with Crippen molar-refractivity contribution in [1.82, 2.24) is 0 Å². The van der Waals surface area contributed by atoms with Gasteiger partial charge in [-0.1, -0.05) is 24.3 Å². The summed E-state index contributed by atoms with van der Waals surface area (Å²) in [6, 6.07) is 7.60. The Morgan fingerprint density at radius 1 is 1.27 bits per heavy atom. The average molecular weight is 146 g/mol. The molecule has 1 aliphatic heterocycles. The van der Waals surface area contributed by atoms with Gasteiger partial charge < -0.3 is 9.68 Å². The van der Waals surface area contributed by atoms with E-state index in [1.54, 1.807) is 0 Å².